The minimum atomic E-state index is -0.436. The maximum absolute atomic E-state index is 12.4. The Hall–Kier alpha value is -3.33. The molecule has 3 rings (SSSR count). The molecule has 0 saturated carbocycles. The predicted molar refractivity (Wildman–Crippen MR) is 101 cm³/mol. The maximum atomic E-state index is 12.4. The highest BCUT2D eigenvalue weighted by molar-refractivity contribution is 5.97. The molecule has 0 bridgehead atoms. The number of rotatable bonds is 4. The van der Waals surface area contributed by atoms with Crippen molar-refractivity contribution in [3.8, 4) is 6.07 Å². The van der Waals surface area contributed by atoms with Crippen molar-refractivity contribution in [1.82, 2.24) is 0 Å². The molecule has 1 atom stereocenters. The SMILES string of the molecule is CC(=O)N1CCc2cc(N[C@@H](C)C(=O)Nc3ccc(C#N)cc3)ccc21. The van der Waals surface area contributed by atoms with E-state index in [2.05, 4.69) is 10.6 Å². The molecule has 0 fully saturated rings. The van der Waals surface area contributed by atoms with Gasteiger partial charge in [0.15, 0.2) is 0 Å². The van der Waals surface area contributed by atoms with Crippen LogP contribution in [0.3, 0.4) is 0 Å². The minimum Gasteiger partial charge on any atom is -0.374 e. The minimum absolute atomic E-state index is 0.0413. The van der Waals surface area contributed by atoms with Crippen LogP contribution in [0.1, 0.15) is 25.0 Å². The molecule has 0 saturated heterocycles. The van der Waals surface area contributed by atoms with Gasteiger partial charge in [-0.05, 0) is 61.4 Å². The number of hydrogen-bond donors (Lipinski definition) is 2. The van der Waals surface area contributed by atoms with Gasteiger partial charge in [-0.3, -0.25) is 9.59 Å². The van der Waals surface area contributed by atoms with E-state index in [0.29, 0.717) is 17.8 Å². The zero-order valence-electron chi connectivity index (χ0n) is 14.7. The Morgan fingerprint density at radius 2 is 1.85 bits per heavy atom. The molecule has 2 amide bonds. The highest BCUT2D eigenvalue weighted by Crippen LogP contribution is 2.30. The van der Waals surface area contributed by atoms with Gasteiger partial charge in [0.25, 0.3) is 0 Å². The van der Waals surface area contributed by atoms with Crippen LogP contribution in [0.5, 0.6) is 0 Å². The van der Waals surface area contributed by atoms with Crippen molar-refractivity contribution in [2.24, 2.45) is 0 Å². The number of carbonyl (C=O) groups excluding carboxylic acids is 2. The van der Waals surface area contributed by atoms with E-state index >= 15 is 0 Å². The lowest BCUT2D eigenvalue weighted by Gasteiger charge is -2.18. The highest BCUT2D eigenvalue weighted by Gasteiger charge is 2.22. The molecular weight excluding hydrogens is 328 g/mol. The zero-order valence-corrected chi connectivity index (χ0v) is 14.7. The lowest BCUT2D eigenvalue weighted by atomic mass is 10.1. The molecule has 1 aliphatic heterocycles. The molecule has 1 aliphatic rings. The molecule has 0 aliphatic carbocycles. The lowest BCUT2D eigenvalue weighted by Crippen LogP contribution is -2.31. The average molecular weight is 348 g/mol. The van der Waals surface area contributed by atoms with Crippen LogP contribution in [-0.4, -0.2) is 24.4 Å². The number of amides is 2. The number of fused-ring (bicyclic) bond motifs is 1. The number of nitrogens with zero attached hydrogens (tertiary/aromatic N) is 2. The fourth-order valence-corrected chi connectivity index (χ4v) is 3.01. The van der Waals surface area contributed by atoms with E-state index in [1.807, 2.05) is 24.3 Å². The van der Waals surface area contributed by atoms with Gasteiger partial charge < -0.3 is 15.5 Å². The van der Waals surface area contributed by atoms with Crippen LogP contribution in [0.15, 0.2) is 42.5 Å². The first-order chi connectivity index (χ1) is 12.5. The normalized spacial score (nSPS) is 13.5. The van der Waals surface area contributed by atoms with Crippen LogP contribution in [0, 0.1) is 11.3 Å². The van der Waals surface area contributed by atoms with Gasteiger partial charge >= 0.3 is 0 Å². The molecule has 132 valence electrons. The average Bonchev–Trinajstić information content (AvgIpc) is 3.05. The van der Waals surface area contributed by atoms with Gasteiger partial charge in [-0.15, -0.1) is 0 Å². The summed E-state index contributed by atoms with van der Waals surface area (Å²) in [7, 11) is 0. The van der Waals surface area contributed by atoms with Crippen molar-refractivity contribution >= 4 is 28.9 Å². The van der Waals surface area contributed by atoms with Crippen LogP contribution >= 0.6 is 0 Å². The summed E-state index contributed by atoms with van der Waals surface area (Å²) < 4.78 is 0. The molecule has 2 aromatic rings. The molecule has 6 heteroatoms. The fourth-order valence-electron chi connectivity index (χ4n) is 3.01. The number of nitrogens with one attached hydrogen (secondary N) is 2. The zero-order chi connectivity index (χ0) is 18.7. The van der Waals surface area contributed by atoms with Gasteiger partial charge in [0, 0.05) is 30.5 Å². The summed E-state index contributed by atoms with van der Waals surface area (Å²) in [6.45, 7) is 4.05. The van der Waals surface area contributed by atoms with Crippen molar-refractivity contribution < 1.29 is 9.59 Å². The molecule has 2 aromatic carbocycles. The first kappa shape index (κ1) is 17.5. The smallest absolute Gasteiger partial charge is 0.246 e. The number of nitriles is 1. The predicted octanol–water partition coefficient (Wildman–Crippen LogP) is 2.91. The lowest BCUT2D eigenvalue weighted by molar-refractivity contribution is -0.117. The topological polar surface area (TPSA) is 85.2 Å². The monoisotopic (exact) mass is 348 g/mol. The van der Waals surface area contributed by atoms with Crippen LogP contribution in [0.4, 0.5) is 17.1 Å². The molecule has 1 heterocycles. The molecule has 0 radical (unpaired) electrons. The van der Waals surface area contributed by atoms with E-state index in [-0.39, 0.29) is 11.8 Å². The van der Waals surface area contributed by atoms with E-state index in [1.165, 1.54) is 0 Å². The van der Waals surface area contributed by atoms with Gasteiger partial charge in [-0.2, -0.15) is 5.26 Å². The highest BCUT2D eigenvalue weighted by atomic mass is 16.2. The second kappa shape index (κ2) is 7.28. The summed E-state index contributed by atoms with van der Waals surface area (Å²) in [5, 5.41) is 14.8. The molecule has 0 spiro atoms. The summed E-state index contributed by atoms with van der Waals surface area (Å²) in [6, 6.07) is 14.1. The molecule has 26 heavy (non-hydrogen) atoms. The number of anilines is 3. The van der Waals surface area contributed by atoms with E-state index in [0.717, 1.165) is 23.4 Å². The molecule has 0 aromatic heterocycles. The summed E-state index contributed by atoms with van der Waals surface area (Å²) in [5.74, 6) is -0.125. The Morgan fingerprint density at radius 1 is 1.15 bits per heavy atom. The van der Waals surface area contributed by atoms with Crippen molar-refractivity contribution in [2.75, 3.05) is 22.1 Å². The van der Waals surface area contributed by atoms with Crippen molar-refractivity contribution in [2.45, 2.75) is 26.3 Å². The molecule has 2 N–H and O–H groups in total. The first-order valence-electron chi connectivity index (χ1n) is 8.46. The van der Waals surface area contributed by atoms with Gasteiger partial charge in [0.05, 0.1) is 11.6 Å². The molecular formula is C20H20N4O2. The van der Waals surface area contributed by atoms with Crippen molar-refractivity contribution in [1.29, 1.82) is 5.26 Å². The van der Waals surface area contributed by atoms with Gasteiger partial charge in [-0.25, -0.2) is 0 Å². The second-order valence-corrected chi connectivity index (χ2v) is 6.31. The van der Waals surface area contributed by atoms with Crippen LogP contribution in [0.25, 0.3) is 0 Å². The Balaban J connectivity index is 1.64. The van der Waals surface area contributed by atoms with Crippen LogP contribution in [0.2, 0.25) is 0 Å². The number of hydrogen-bond acceptors (Lipinski definition) is 4. The van der Waals surface area contributed by atoms with Gasteiger partial charge in [0.2, 0.25) is 11.8 Å². The van der Waals surface area contributed by atoms with Crippen molar-refractivity contribution in [3.05, 3.63) is 53.6 Å². The second-order valence-electron chi connectivity index (χ2n) is 6.31. The largest absolute Gasteiger partial charge is 0.374 e. The molecule has 0 unspecified atom stereocenters. The molecule has 6 nitrogen and oxygen atoms in total. The van der Waals surface area contributed by atoms with E-state index in [4.69, 9.17) is 5.26 Å². The Labute approximate surface area is 152 Å². The third kappa shape index (κ3) is 3.67. The Kier molecular flexibility index (Phi) is 4.90. The van der Waals surface area contributed by atoms with Crippen LogP contribution in [-0.2, 0) is 16.0 Å². The number of benzene rings is 2. The van der Waals surface area contributed by atoms with E-state index in [9.17, 15) is 9.59 Å². The summed E-state index contributed by atoms with van der Waals surface area (Å²) in [6.07, 6.45) is 0.816. The fraction of sp³-hybridized carbons (Fsp3) is 0.250. The third-order valence-corrected chi connectivity index (χ3v) is 4.41. The van der Waals surface area contributed by atoms with Gasteiger partial charge in [-0.1, -0.05) is 0 Å². The maximum Gasteiger partial charge on any atom is 0.246 e. The van der Waals surface area contributed by atoms with E-state index in [1.54, 1.807) is 43.0 Å². The van der Waals surface area contributed by atoms with Gasteiger partial charge in [0.1, 0.15) is 6.04 Å². The third-order valence-electron chi connectivity index (χ3n) is 4.41. The summed E-state index contributed by atoms with van der Waals surface area (Å²) >= 11 is 0. The van der Waals surface area contributed by atoms with E-state index < -0.39 is 6.04 Å². The number of carbonyl (C=O) groups is 2. The quantitative estimate of drug-likeness (QED) is 0.890. The Bertz CT molecular complexity index is 884. The first-order valence-corrected chi connectivity index (χ1v) is 8.46. The standard InChI is InChI=1S/C20H20N4O2/c1-13(20(26)23-17-5-3-15(12-21)4-6-17)22-18-7-8-19-16(11-18)9-10-24(19)14(2)25/h3-8,11,13,22H,9-10H2,1-2H3,(H,23,26)/t13-/m0/s1. The van der Waals surface area contributed by atoms with Crippen LogP contribution < -0.4 is 15.5 Å². The van der Waals surface area contributed by atoms with Crippen molar-refractivity contribution in [3.63, 3.8) is 0 Å². The summed E-state index contributed by atoms with van der Waals surface area (Å²) in [4.78, 5) is 25.7. The Morgan fingerprint density at radius 3 is 2.50 bits per heavy atom. The summed E-state index contributed by atoms with van der Waals surface area (Å²) in [5.41, 5.74) is 4.08.